The first-order valence-electron chi connectivity index (χ1n) is 7.57. The minimum absolute atomic E-state index is 0.314. The van der Waals surface area contributed by atoms with Gasteiger partial charge >= 0.3 is 0 Å². The van der Waals surface area contributed by atoms with Crippen LogP contribution in [-0.4, -0.2) is 36.3 Å². The van der Waals surface area contributed by atoms with Gasteiger partial charge in [-0.15, -0.1) is 0 Å². The van der Waals surface area contributed by atoms with Crippen molar-refractivity contribution in [3.8, 4) is 0 Å². The van der Waals surface area contributed by atoms with E-state index >= 15 is 0 Å². The van der Waals surface area contributed by atoms with E-state index < -0.39 is 0 Å². The van der Waals surface area contributed by atoms with E-state index in [4.69, 9.17) is 4.74 Å². The second kappa shape index (κ2) is 8.34. The molecule has 2 rings (SSSR count). The molecule has 1 heterocycles. The summed E-state index contributed by atoms with van der Waals surface area (Å²) in [7, 11) is 1.69. The van der Waals surface area contributed by atoms with Gasteiger partial charge in [0.15, 0.2) is 0 Å². The summed E-state index contributed by atoms with van der Waals surface area (Å²) in [6.07, 6.45) is 1.79. The van der Waals surface area contributed by atoms with Gasteiger partial charge in [0.25, 0.3) is 0 Å². The van der Waals surface area contributed by atoms with E-state index in [2.05, 4.69) is 58.3 Å². The molecule has 0 saturated heterocycles. The molecule has 0 spiro atoms. The molecule has 2 aromatic rings. The third kappa shape index (κ3) is 4.70. The van der Waals surface area contributed by atoms with Crippen LogP contribution in [0.5, 0.6) is 0 Å². The lowest BCUT2D eigenvalue weighted by atomic mass is 10.2. The van der Waals surface area contributed by atoms with Crippen LogP contribution in [0, 0.1) is 0 Å². The molecule has 5 heteroatoms. The normalized spacial score (nSPS) is 10.7. The number of aromatic nitrogens is 2. The molecular formula is C17H24N4O. The first-order valence-corrected chi connectivity index (χ1v) is 7.57. The summed E-state index contributed by atoms with van der Waals surface area (Å²) in [6, 6.07) is 12.6. The molecule has 1 aromatic carbocycles. The van der Waals surface area contributed by atoms with Gasteiger partial charge in [-0.25, -0.2) is 4.98 Å². The standard InChI is InChI=1S/C17H24N4O/c1-14(2)21(13-15-7-5-4-6-8-15)17-19-10-9-16(20-17)18-11-12-22-3/h4-10,14H,11-13H2,1-3H3,(H,18,19,20). The number of nitrogens with zero attached hydrogens (tertiary/aromatic N) is 3. The van der Waals surface area contributed by atoms with Crippen LogP contribution < -0.4 is 10.2 Å². The molecule has 0 bridgehead atoms. The molecule has 0 aliphatic rings. The first-order chi connectivity index (χ1) is 10.7. The highest BCUT2D eigenvalue weighted by molar-refractivity contribution is 5.42. The molecule has 0 aliphatic heterocycles. The van der Waals surface area contributed by atoms with Gasteiger partial charge in [0, 0.05) is 32.4 Å². The van der Waals surface area contributed by atoms with Gasteiger partial charge in [-0.3, -0.25) is 0 Å². The Morgan fingerprint density at radius 3 is 2.64 bits per heavy atom. The highest BCUT2D eigenvalue weighted by Crippen LogP contribution is 2.17. The van der Waals surface area contributed by atoms with Gasteiger partial charge in [-0.2, -0.15) is 4.98 Å². The van der Waals surface area contributed by atoms with Gasteiger partial charge in [0.05, 0.1) is 6.61 Å². The number of rotatable bonds is 8. The van der Waals surface area contributed by atoms with Crippen molar-refractivity contribution in [1.29, 1.82) is 0 Å². The molecule has 1 N–H and O–H groups in total. The number of benzene rings is 1. The van der Waals surface area contributed by atoms with Crippen molar-refractivity contribution in [3.05, 3.63) is 48.2 Å². The monoisotopic (exact) mass is 300 g/mol. The van der Waals surface area contributed by atoms with E-state index in [0.717, 1.165) is 24.9 Å². The van der Waals surface area contributed by atoms with Crippen LogP contribution in [0.2, 0.25) is 0 Å². The second-order valence-electron chi connectivity index (χ2n) is 5.37. The lowest BCUT2D eigenvalue weighted by Gasteiger charge is -2.27. The smallest absolute Gasteiger partial charge is 0.227 e. The maximum absolute atomic E-state index is 5.04. The molecule has 5 nitrogen and oxygen atoms in total. The zero-order valence-electron chi connectivity index (χ0n) is 13.5. The van der Waals surface area contributed by atoms with Gasteiger partial charge < -0.3 is 15.0 Å². The molecule has 0 fully saturated rings. The molecule has 118 valence electrons. The average Bonchev–Trinajstić information content (AvgIpc) is 2.54. The van der Waals surface area contributed by atoms with Gasteiger partial charge in [-0.1, -0.05) is 30.3 Å². The van der Waals surface area contributed by atoms with Gasteiger partial charge in [0.1, 0.15) is 5.82 Å². The number of nitrogens with one attached hydrogen (secondary N) is 1. The Balaban J connectivity index is 2.12. The number of hydrogen-bond acceptors (Lipinski definition) is 5. The second-order valence-corrected chi connectivity index (χ2v) is 5.37. The molecule has 0 unspecified atom stereocenters. The zero-order chi connectivity index (χ0) is 15.8. The Morgan fingerprint density at radius 1 is 1.18 bits per heavy atom. The van der Waals surface area contributed by atoms with Crippen LogP contribution >= 0.6 is 0 Å². The Kier molecular flexibility index (Phi) is 6.15. The largest absolute Gasteiger partial charge is 0.383 e. The SMILES string of the molecule is COCCNc1ccnc(N(Cc2ccccc2)C(C)C)n1. The van der Waals surface area contributed by atoms with Crippen molar-refractivity contribution in [2.45, 2.75) is 26.4 Å². The molecule has 0 radical (unpaired) electrons. The first kappa shape index (κ1) is 16.2. The van der Waals surface area contributed by atoms with Crippen molar-refractivity contribution in [3.63, 3.8) is 0 Å². The number of ether oxygens (including phenoxy) is 1. The summed E-state index contributed by atoms with van der Waals surface area (Å²) in [5, 5.41) is 3.24. The third-order valence-electron chi connectivity index (χ3n) is 3.33. The molecule has 0 atom stereocenters. The Hall–Kier alpha value is -2.14. The number of hydrogen-bond donors (Lipinski definition) is 1. The minimum Gasteiger partial charge on any atom is -0.383 e. The fourth-order valence-corrected chi connectivity index (χ4v) is 2.13. The van der Waals surface area contributed by atoms with Crippen molar-refractivity contribution < 1.29 is 4.74 Å². The fourth-order valence-electron chi connectivity index (χ4n) is 2.13. The van der Waals surface area contributed by atoms with Crippen molar-refractivity contribution in [1.82, 2.24) is 9.97 Å². The van der Waals surface area contributed by atoms with E-state index in [1.807, 2.05) is 12.1 Å². The maximum atomic E-state index is 5.04. The predicted octanol–water partition coefficient (Wildman–Crippen LogP) is 2.95. The maximum Gasteiger partial charge on any atom is 0.227 e. The minimum atomic E-state index is 0.314. The summed E-state index contributed by atoms with van der Waals surface area (Å²) in [6.45, 7) is 6.47. The van der Waals surface area contributed by atoms with E-state index in [1.165, 1.54) is 5.56 Å². The molecule has 0 saturated carbocycles. The summed E-state index contributed by atoms with van der Waals surface area (Å²) in [5.41, 5.74) is 1.25. The Bertz CT molecular complexity index is 560. The molecular weight excluding hydrogens is 276 g/mol. The van der Waals surface area contributed by atoms with Crippen molar-refractivity contribution in [2.24, 2.45) is 0 Å². The summed E-state index contributed by atoms with van der Waals surface area (Å²) in [4.78, 5) is 11.2. The van der Waals surface area contributed by atoms with Gasteiger partial charge in [-0.05, 0) is 25.5 Å². The lowest BCUT2D eigenvalue weighted by Crippen LogP contribution is -2.32. The molecule has 22 heavy (non-hydrogen) atoms. The van der Waals surface area contributed by atoms with Crippen LogP contribution in [0.15, 0.2) is 42.6 Å². The third-order valence-corrected chi connectivity index (χ3v) is 3.33. The Labute approximate surface area is 132 Å². The summed E-state index contributed by atoms with van der Waals surface area (Å²) >= 11 is 0. The summed E-state index contributed by atoms with van der Waals surface area (Å²) in [5.74, 6) is 1.56. The van der Waals surface area contributed by atoms with Crippen molar-refractivity contribution in [2.75, 3.05) is 30.5 Å². The molecule has 0 amide bonds. The lowest BCUT2D eigenvalue weighted by molar-refractivity contribution is 0.210. The molecule has 0 aliphatic carbocycles. The molecule has 1 aromatic heterocycles. The predicted molar refractivity (Wildman–Crippen MR) is 90.2 cm³/mol. The van der Waals surface area contributed by atoms with E-state index in [-0.39, 0.29) is 0 Å². The van der Waals surface area contributed by atoms with E-state index in [1.54, 1.807) is 13.3 Å². The van der Waals surface area contributed by atoms with E-state index in [9.17, 15) is 0 Å². The summed E-state index contributed by atoms with van der Waals surface area (Å²) < 4.78 is 5.04. The quantitative estimate of drug-likeness (QED) is 0.760. The highest BCUT2D eigenvalue weighted by Gasteiger charge is 2.14. The van der Waals surface area contributed by atoms with Crippen LogP contribution in [-0.2, 0) is 11.3 Å². The van der Waals surface area contributed by atoms with Crippen LogP contribution in [0.3, 0.4) is 0 Å². The zero-order valence-corrected chi connectivity index (χ0v) is 13.5. The topological polar surface area (TPSA) is 50.3 Å². The fraction of sp³-hybridized carbons (Fsp3) is 0.412. The van der Waals surface area contributed by atoms with Crippen LogP contribution in [0.25, 0.3) is 0 Å². The van der Waals surface area contributed by atoms with Crippen molar-refractivity contribution >= 4 is 11.8 Å². The van der Waals surface area contributed by atoms with Gasteiger partial charge in [0.2, 0.25) is 5.95 Å². The number of anilines is 2. The van der Waals surface area contributed by atoms with Crippen LogP contribution in [0.1, 0.15) is 19.4 Å². The Morgan fingerprint density at radius 2 is 1.95 bits per heavy atom. The van der Waals surface area contributed by atoms with Crippen LogP contribution in [0.4, 0.5) is 11.8 Å². The highest BCUT2D eigenvalue weighted by atomic mass is 16.5. The number of methoxy groups -OCH3 is 1. The van der Waals surface area contributed by atoms with E-state index in [0.29, 0.717) is 12.6 Å². The average molecular weight is 300 g/mol.